The first kappa shape index (κ1) is 14.8. The van der Waals surface area contributed by atoms with Gasteiger partial charge >= 0.3 is 0 Å². The minimum absolute atomic E-state index is 0.0169. The first-order valence-electron chi connectivity index (χ1n) is 7.04. The number of amides is 1. The second-order valence-corrected chi connectivity index (χ2v) is 5.19. The number of rotatable bonds is 5. The molecule has 1 aliphatic rings. The third kappa shape index (κ3) is 4.21. The van der Waals surface area contributed by atoms with Gasteiger partial charge in [-0.2, -0.15) is 0 Å². The number of piperidine rings is 1. The Kier molecular flexibility index (Phi) is 5.38. The first-order valence-corrected chi connectivity index (χ1v) is 7.04. The number of carbonyl (C=O) groups excluding carboxylic acids is 1. The van der Waals surface area contributed by atoms with Crippen LogP contribution < -0.4 is 15.4 Å². The number of nitrogens with zero attached hydrogens (tertiary/aromatic N) is 1. The number of carbonyl (C=O) groups is 1. The average Bonchev–Trinajstić information content (AvgIpc) is 2.49. The van der Waals surface area contributed by atoms with Crippen LogP contribution in [0.5, 0.6) is 5.75 Å². The van der Waals surface area contributed by atoms with Crippen molar-refractivity contribution in [2.45, 2.75) is 18.9 Å². The van der Waals surface area contributed by atoms with Crippen molar-refractivity contribution in [3.63, 3.8) is 0 Å². The van der Waals surface area contributed by atoms with Crippen molar-refractivity contribution in [3.8, 4) is 5.75 Å². The lowest BCUT2D eigenvalue weighted by Gasteiger charge is -2.31. The van der Waals surface area contributed by atoms with Gasteiger partial charge in [0, 0.05) is 18.3 Å². The Labute approximate surface area is 120 Å². The van der Waals surface area contributed by atoms with Crippen LogP contribution >= 0.6 is 0 Å². The van der Waals surface area contributed by atoms with Crippen molar-refractivity contribution < 1.29 is 9.53 Å². The molecule has 5 nitrogen and oxygen atoms in total. The molecule has 1 aromatic rings. The maximum absolute atomic E-state index is 12.0. The van der Waals surface area contributed by atoms with Gasteiger partial charge in [-0.25, -0.2) is 0 Å². The summed E-state index contributed by atoms with van der Waals surface area (Å²) in [5, 5.41) is 6.27. The highest BCUT2D eigenvalue weighted by molar-refractivity contribution is 5.92. The molecule has 110 valence electrons. The number of anilines is 1. The predicted octanol–water partition coefficient (Wildman–Crippen LogP) is 1.32. The molecular weight excluding hydrogens is 254 g/mol. The third-order valence-electron chi connectivity index (χ3n) is 3.66. The van der Waals surface area contributed by atoms with E-state index in [4.69, 9.17) is 4.74 Å². The molecule has 0 saturated carbocycles. The highest BCUT2D eigenvalue weighted by Gasteiger charge is 2.19. The third-order valence-corrected chi connectivity index (χ3v) is 3.66. The zero-order valence-corrected chi connectivity index (χ0v) is 12.2. The molecule has 0 bridgehead atoms. The fourth-order valence-electron chi connectivity index (χ4n) is 2.44. The summed E-state index contributed by atoms with van der Waals surface area (Å²) in [6, 6.07) is 7.82. The zero-order chi connectivity index (χ0) is 14.4. The van der Waals surface area contributed by atoms with Crippen molar-refractivity contribution >= 4 is 11.6 Å². The minimum atomic E-state index is 0.0169. The number of methoxy groups -OCH3 is 1. The van der Waals surface area contributed by atoms with Crippen LogP contribution in [0.2, 0.25) is 0 Å². The van der Waals surface area contributed by atoms with Crippen molar-refractivity contribution in [3.05, 3.63) is 24.3 Å². The van der Waals surface area contributed by atoms with Crippen LogP contribution in [-0.4, -0.2) is 50.6 Å². The molecule has 1 amide bonds. The van der Waals surface area contributed by atoms with E-state index in [-0.39, 0.29) is 5.91 Å². The standard InChI is InChI=1S/C15H23N3O2/c1-18(13-4-3-9-16-10-13)11-15(19)17-12-5-7-14(20-2)8-6-12/h5-8,13,16H,3-4,9-11H2,1-2H3,(H,17,19). The molecule has 0 aromatic heterocycles. The van der Waals surface area contributed by atoms with Gasteiger partial charge in [-0.05, 0) is 50.7 Å². The summed E-state index contributed by atoms with van der Waals surface area (Å²) in [5.74, 6) is 0.802. The number of benzene rings is 1. The molecule has 0 spiro atoms. The van der Waals surface area contributed by atoms with E-state index in [0.717, 1.165) is 30.9 Å². The summed E-state index contributed by atoms with van der Waals surface area (Å²) < 4.78 is 5.09. The van der Waals surface area contributed by atoms with Gasteiger partial charge in [-0.3, -0.25) is 9.69 Å². The van der Waals surface area contributed by atoms with Crippen LogP contribution in [-0.2, 0) is 4.79 Å². The molecule has 5 heteroatoms. The summed E-state index contributed by atoms with van der Waals surface area (Å²) in [6.45, 7) is 2.47. The molecule has 0 aliphatic carbocycles. The lowest BCUT2D eigenvalue weighted by Crippen LogP contribution is -2.46. The van der Waals surface area contributed by atoms with Gasteiger partial charge in [-0.1, -0.05) is 0 Å². The van der Waals surface area contributed by atoms with Crippen molar-refractivity contribution in [1.82, 2.24) is 10.2 Å². The second kappa shape index (κ2) is 7.26. The zero-order valence-electron chi connectivity index (χ0n) is 12.2. The van der Waals surface area contributed by atoms with Crippen LogP contribution in [0, 0.1) is 0 Å². The number of hydrogen-bond donors (Lipinski definition) is 2. The van der Waals surface area contributed by atoms with Gasteiger partial charge in [0.05, 0.1) is 13.7 Å². The largest absolute Gasteiger partial charge is 0.497 e. The number of nitrogens with one attached hydrogen (secondary N) is 2. The van der Waals surface area contributed by atoms with Crippen LogP contribution in [0.1, 0.15) is 12.8 Å². The molecule has 1 aliphatic heterocycles. The van der Waals surface area contributed by atoms with Crippen molar-refractivity contribution in [2.75, 3.05) is 39.1 Å². The number of likely N-dealkylation sites (N-methyl/N-ethyl adjacent to an activating group) is 1. The molecule has 2 N–H and O–H groups in total. The summed E-state index contributed by atoms with van der Waals surface area (Å²) in [5.41, 5.74) is 0.797. The highest BCUT2D eigenvalue weighted by Crippen LogP contribution is 2.15. The molecule has 1 unspecified atom stereocenters. The van der Waals surface area contributed by atoms with Crippen molar-refractivity contribution in [1.29, 1.82) is 0 Å². The van der Waals surface area contributed by atoms with Crippen LogP contribution in [0.15, 0.2) is 24.3 Å². The molecule has 2 rings (SSSR count). The lowest BCUT2D eigenvalue weighted by molar-refractivity contribution is -0.117. The Bertz CT molecular complexity index is 427. The number of ether oxygens (including phenoxy) is 1. The quantitative estimate of drug-likeness (QED) is 0.852. The topological polar surface area (TPSA) is 53.6 Å². The first-order chi connectivity index (χ1) is 9.69. The molecule has 1 atom stereocenters. The molecule has 1 aromatic carbocycles. The van der Waals surface area contributed by atoms with Gasteiger partial charge in [0.1, 0.15) is 5.75 Å². The lowest BCUT2D eigenvalue weighted by atomic mass is 10.1. The molecule has 1 heterocycles. The maximum Gasteiger partial charge on any atom is 0.238 e. The van der Waals surface area contributed by atoms with Crippen LogP contribution in [0.3, 0.4) is 0 Å². The summed E-state index contributed by atoms with van der Waals surface area (Å²) in [7, 11) is 3.63. The Balaban J connectivity index is 1.81. The highest BCUT2D eigenvalue weighted by atomic mass is 16.5. The Morgan fingerprint density at radius 2 is 2.20 bits per heavy atom. The average molecular weight is 277 g/mol. The Morgan fingerprint density at radius 1 is 1.45 bits per heavy atom. The van der Waals surface area contributed by atoms with E-state index in [0.29, 0.717) is 12.6 Å². The minimum Gasteiger partial charge on any atom is -0.497 e. The Morgan fingerprint density at radius 3 is 2.80 bits per heavy atom. The normalized spacial score (nSPS) is 18.9. The molecule has 1 fully saturated rings. The fourth-order valence-corrected chi connectivity index (χ4v) is 2.44. The maximum atomic E-state index is 12.0. The van der Waals surface area contributed by atoms with E-state index >= 15 is 0 Å². The van der Waals surface area contributed by atoms with Gasteiger partial charge in [-0.15, -0.1) is 0 Å². The molecule has 0 radical (unpaired) electrons. The Hall–Kier alpha value is -1.59. The van der Waals surface area contributed by atoms with Crippen molar-refractivity contribution in [2.24, 2.45) is 0 Å². The number of hydrogen-bond acceptors (Lipinski definition) is 4. The van der Waals surface area contributed by atoms with Gasteiger partial charge < -0.3 is 15.4 Å². The monoisotopic (exact) mass is 277 g/mol. The SMILES string of the molecule is COc1ccc(NC(=O)CN(C)C2CCCNC2)cc1. The van der Waals surface area contributed by atoms with Gasteiger partial charge in [0.2, 0.25) is 5.91 Å². The van der Waals surface area contributed by atoms with Gasteiger partial charge in [0.15, 0.2) is 0 Å². The second-order valence-electron chi connectivity index (χ2n) is 5.19. The fraction of sp³-hybridized carbons (Fsp3) is 0.533. The van der Waals surface area contributed by atoms with Crippen LogP contribution in [0.4, 0.5) is 5.69 Å². The summed E-state index contributed by atoms with van der Waals surface area (Å²) >= 11 is 0. The van der Waals surface area contributed by atoms with E-state index in [9.17, 15) is 4.79 Å². The van der Waals surface area contributed by atoms with E-state index in [1.165, 1.54) is 6.42 Å². The van der Waals surface area contributed by atoms with Gasteiger partial charge in [0.25, 0.3) is 0 Å². The van der Waals surface area contributed by atoms with Crippen LogP contribution in [0.25, 0.3) is 0 Å². The molecular formula is C15H23N3O2. The smallest absolute Gasteiger partial charge is 0.238 e. The summed E-state index contributed by atoms with van der Waals surface area (Å²) in [6.07, 6.45) is 2.33. The van der Waals surface area contributed by atoms with E-state index in [2.05, 4.69) is 15.5 Å². The summed E-state index contributed by atoms with van der Waals surface area (Å²) in [4.78, 5) is 14.1. The molecule has 20 heavy (non-hydrogen) atoms. The van der Waals surface area contributed by atoms with E-state index in [1.807, 2.05) is 31.3 Å². The van der Waals surface area contributed by atoms with E-state index in [1.54, 1.807) is 7.11 Å². The molecule has 1 saturated heterocycles. The predicted molar refractivity (Wildman–Crippen MR) is 80.1 cm³/mol. The van der Waals surface area contributed by atoms with E-state index < -0.39 is 0 Å².